The maximum Gasteiger partial charge on any atom is 0.335 e. The number of hydrogen-bond acceptors (Lipinski definition) is 4. The topological polar surface area (TPSA) is 89.7 Å². The molecule has 0 heterocycles. The molecule has 1 rings (SSSR count). The number of ether oxygens (including phenoxy) is 1. The third-order valence-electron chi connectivity index (χ3n) is 2.61. The smallest absolute Gasteiger partial charge is 0.335 e. The summed E-state index contributed by atoms with van der Waals surface area (Å²) in [6.07, 6.45) is 1.35. The van der Waals surface area contributed by atoms with Gasteiger partial charge in [-0.1, -0.05) is 13.8 Å². The highest BCUT2D eigenvalue weighted by atomic mass is 16.6. The minimum atomic E-state index is -1.20. The molecule has 1 aromatic carbocycles. The molecule has 0 aromatic heterocycles. The maximum atomic E-state index is 10.9. The number of carboxylic acids is 1. The molecule has 0 bridgehead atoms. The third-order valence-corrected chi connectivity index (χ3v) is 2.61. The number of nitro groups is 1. The van der Waals surface area contributed by atoms with E-state index in [-0.39, 0.29) is 23.1 Å². The molecule has 0 fully saturated rings. The van der Waals surface area contributed by atoms with Crippen molar-refractivity contribution in [3.8, 4) is 5.75 Å². The first-order chi connectivity index (χ1) is 8.49. The van der Waals surface area contributed by atoms with Crippen LogP contribution in [0.2, 0.25) is 0 Å². The van der Waals surface area contributed by atoms with E-state index in [0.29, 0.717) is 0 Å². The van der Waals surface area contributed by atoms with E-state index in [1.54, 1.807) is 0 Å². The molecule has 0 saturated heterocycles. The van der Waals surface area contributed by atoms with Crippen molar-refractivity contribution in [2.75, 3.05) is 0 Å². The molecule has 98 valence electrons. The zero-order valence-electron chi connectivity index (χ0n) is 10.3. The van der Waals surface area contributed by atoms with Crippen LogP contribution in [-0.2, 0) is 0 Å². The van der Waals surface area contributed by atoms with Crippen LogP contribution in [0.15, 0.2) is 18.2 Å². The van der Waals surface area contributed by atoms with Crippen LogP contribution in [0.4, 0.5) is 5.69 Å². The molecular formula is C12H15NO5. The van der Waals surface area contributed by atoms with Gasteiger partial charge < -0.3 is 9.84 Å². The van der Waals surface area contributed by atoms with Crippen LogP contribution in [0.25, 0.3) is 0 Å². The number of benzene rings is 1. The Bertz CT molecular complexity index is 454. The summed E-state index contributed by atoms with van der Waals surface area (Å²) in [7, 11) is 0. The van der Waals surface area contributed by atoms with Gasteiger partial charge in [0, 0.05) is 6.07 Å². The van der Waals surface area contributed by atoms with Crippen LogP contribution < -0.4 is 4.74 Å². The van der Waals surface area contributed by atoms with E-state index >= 15 is 0 Å². The average Bonchev–Trinajstić information content (AvgIpc) is 2.35. The fourth-order valence-corrected chi connectivity index (χ4v) is 1.53. The Hall–Kier alpha value is -2.11. The van der Waals surface area contributed by atoms with Crippen molar-refractivity contribution in [1.82, 2.24) is 0 Å². The summed E-state index contributed by atoms with van der Waals surface area (Å²) in [6.45, 7) is 3.84. The van der Waals surface area contributed by atoms with E-state index in [9.17, 15) is 14.9 Å². The number of carbonyl (C=O) groups is 1. The standard InChI is InChI=1S/C12H15NO5/c1-3-9(4-2)18-11-6-5-8(12(14)15)7-10(11)13(16)17/h5-7,9H,3-4H2,1-2H3,(H,14,15). The van der Waals surface area contributed by atoms with Gasteiger partial charge in [-0.2, -0.15) is 0 Å². The Balaban J connectivity index is 3.11. The maximum absolute atomic E-state index is 10.9. The molecular weight excluding hydrogens is 238 g/mol. The fourth-order valence-electron chi connectivity index (χ4n) is 1.53. The van der Waals surface area contributed by atoms with Gasteiger partial charge in [-0.25, -0.2) is 4.79 Å². The van der Waals surface area contributed by atoms with Gasteiger partial charge in [-0.05, 0) is 25.0 Å². The van der Waals surface area contributed by atoms with Crippen molar-refractivity contribution in [2.45, 2.75) is 32.8 Å². The lowest BCUT2D eigenvalue weighted by atomic mass is 10.1. The van der Waals surface area contributed by atoms with Crippen LogP contribution in [-0.4, -0.2) is 22.1 Å². The van der Waals surface area contributed by atoms with Crippen molar-refractivity contribution in [3.63, 3.8) is 0 Å². The highest BCUT2D eigenvalue weighted by Gasteiger charge is 2.20. The monoisotopic (exact) mass is 253 g/mol. The SMILES string of the molecule is CCC(CC)Oc1ccc(C(=O)O)cc1[N+](=O)[O-]. The van der Waals surface area contributed by atoms with Crippen molar-refractivity contribution in [1.29, 1.82) is 0 Å². The zero-order valence-corrected chi connectivity index (χ0v) is 10.3. The van der Waals surface area contributed by atoms with E-state index in [1.807, 2.05) is 13.8 Å². The molecule has 0 saturated carbocycles. The molecule has 18 heavy (non-hydrogen) atoms. The molecule has 6 nitrogen and oxygen atoms in total. The molecule has 0 amide bonds. The van der Waals surface area contributed by atoms with Crippen molar-refractivity contribution >= 4 is 11.7 Å². The quantitative estimate of drug-likeness (QED) is 0.621. The van der Waals surface area contributed by atoms with Gasteiger partial charge in [0.05, 0.1) is 16.6 Å². The number of nitro benzene ring substituents is 1. The van der Waals surface area contributed by atoms with E-state index in [1.165, 1.54) is 12.1 Å². The minimum Gasteiger partial charge on any atom is -0.484 e. The van der Waals surface area contributed by atoms with Gasteiger partial charge in [0.15, 0.2) is 5.75 Å². The highest BCUT2D eigenvalue weighted by Crippen LogP contribution is 2.29. The summed E-state index contributed by atoms with van der Waals surface area (Å²) >= 11 is 0. The molecule has 1 aromatic rings. The summed E-state index contributed by atoms with van der Waals surface area (Å²) in [4.78, 5) is 21.0. The molecule has 0 unspecified atom stereocenters. The number of aromatic carboxylic acids is 1. The summed E-state index contributed by atoms with van der Waals surface area (Å²) in [6, 6.07) is 3.65. The zero-order chi connectivity index (χ0) is 13.7. The van der Waals surface area contributed by atoms with Crippen LogP contribution in [0.1, 0.15) is 37.0 Å². The Morgan fingerprint density at radius 1 is 1.44 bits per heavy atom. The normalized spacial score (nSPS) is 10.4. The van der Waals surface area contributed by atoms with Crippen LogP contribution in [0.5, 0.6) is 5.75 Å². The first-order valence-corrected chi connectivity index (χ1v) is 5.68. The molecule has 1 N–H and O–H groups in total. The molecule has 0 aliphatic carbocycles. The second-order valence-corrected chi connectivity index (χ2v) is 3.80. The molecule has 0 atom stereocenters. The lowest BCUT2D eigenvalue weighted by Crippen LogP contribution is -2.14. The Morgan fingerprint density at radius 2 is 2.06 bits per heavy atom. The number of nitrogens with zero attached hydrogens (tertiary/aromatic N) is 1. The van der Waals surface area contributed by atoms with Crippen LogP contribution in [0.3, 0.4) is 0 Å². The van der Waals surface area contributed by atoms with Gasteiger partial charge in [0.2, 0.25) is 0 Å². The second-order valence-electron chi connectivity index (χ2n) is 3.80. The van der Waals surface area contributed by atoms with E-state index in [4.69, 9.17) is 9.84 Å². The summed E-state index contributed by atoms with van der Waals surface area (Å²) < 4.78 is 5.51. The van der Waals surface area contributed by atoms with E-state index in [0.717, 1.165) is 18.9 Å². The fraction of sp³-hybridized carbons (Fsp3) is 0.417. The largest absolute Gasteiger partial charge is 0.484 e. The minimum absolute atomic E-state index is 0.110. The average molecular weight is 253 g/mol. The second kappa shape index (κ2) is 6.00. The first-order valence-electron chi connectivity index (χ1n) is 5.68. The number of hydrogen-bond donors (Lipinski definition) is 1. The van der Waals surface area contributed by atoms with Gasteiger partial charge in [-0.3, -0.25) is 10.1 Å². The Kier molecular flexibility index (Phi) is 4.65. The molecule has 0 spiro atoms. The first kappa shape index (κ1) is 14.0. The van der Waals surface area contributed by atoms with Gasteiger partial charge >= 0.3 is 11.7 Å². The van der Waals surface area contributed by atoms with E-state index in [2.05, 4.69) is 0 Å². The van der Waals surface area contributed by atoms with Crippen molar-refractivity contribution in [3.05, 3.63) is 33.9 Å². The van der Waals surface area contributed by atoms with Gasteiger partial charge in [0.1, 0.15) is 0 Å². The van der Waals surface area contributed by atoms with Crippen LogP contribution >= 0.6 is 0 Å². The van der Waals surface area contributed by atoms with Crippen molar-refractivity contribution < 1.29 is 19.6 Å². The lowest BCUT2D eigenvalue weighted by molar-refractivity contribution is -0.386. The van der Waals surface area contributed by atoms with E-state index < -0.39 is 10.9 Å². The summed E-state index contributed by atoms with van der Waals surface area (Å²) in [5.74, 6) is -1.09. The van der Waals surface area contributed by atoms with Crippen LogP contribution in [0, 0.1) is 10.1 Å². The summed E-state index contributed by atoms with van der Waals surface area (Å²) in [5.41, 5.74) is -0.444. The Morgan fingerprint density at radius 3 is 2.50 bits per heavy atom. The predicted octanol–water partition coefficient (Wildman–Crippen LogP) is 2.86. The Labute approximate surface area is 104 Å². The van der Waals surface area contributed by atoms with Gasteiger partial charge in [0.25, 0.3) is 0 Å². The highest BCUT2D eigenvalue weighted by molar-refractivity contribution is 5.88. The predicted molar refractivity (Wildman–Crippen MR) is 65.1 cm³/mol. The van der Waals surface area contributed by atoms with Gasteiger partial charge in [-0.15, -0.1) is 0 Å². The summed E-state index contributed by atoms with van der Waals surface area (Å²) in [5, 5.41) is 19.7. The third kappa shape index (κ3) is 3.19. The van der Waals surface area contributed by atoms with Crippen molar-refractivity contribution in [2.24, 2.45) is 0 Å². The number of carboxylic acid groups (broad SMARTS) is 1. The lowest BCUT2D eigenvalue weighted by Gasteiger charge is -2.15. The number of rotatable bonds is 6. The molecule has 0 radical (unpaired) electrons. The molecule has 6 heteroatoms. The molecule has 0 aliphatic rings. The molecule has 0 aliphatic heterocycles.